The Morgan fingerprint density at radius 1 is 0.862 bits per heavy atom. The standard InChI is InChI=1S/C24H45NO4/c1-2-3-4-5-6-7-8-9-10-11-12-13-14-15-16-17-18-25-22(27)19-24(28)21(26)20-29-23(24)25/h21,23,26,28H,2-20H2,1H3/t21-,23+,24+/m1/s1. The van der Waals surface area contributed by atoms with Gasteiger partial charge in [0.15, 0.2) is 6.23 Å². The molecule has 0 unspecified atom stereocenters. The molecule has 29 heavy (non-hydrogen) atoms. The molecule has 0 aliphatic carbocycles. The first-order valence-electron chi connectivity index (χ1n) is 12.4. The van der Waals surface area contributed by atoms with E-state index in [0.717, 1.165) is 12.8 Å². The zero-order chi connectivity index (χ0) is 21.0. The molecule has 2 N–H and O–H groups in total. The predicted molar refractivity (Wildman–Crippen MR) is 117 cm³/mol. The Hall–Kier alpha value is -0.650. The van der Waals surface area contributed by atoms with E-state index in [9.17, 15) is 15.0 Å². The number of nitrogens with zero attached hydrogens (tertiary/aromatic N) is 1. The highest BCUT2D eigenvalue weighted by Gasteiger charge is 2.59. The second kappa shape index (κ2) is 13.6. The molecule has 2 heterocycles. The summed E-state index contributed by atoms with van der Waals surface area (Å²) in [5, 5.41) is 20.3. The van der Waals surface area contributed by atoms with E-state index in [1.54, 1.807) is 4.90 Å². The number of aliphatic hydroxyl groups is 2. The number of ether oxygens (including phenoxy) is 1. The van der Waals surface area contributed by atoms with E-state index < -0.39 is 17.9 Å². The van der Waals surface area contributed by atoms with Crippen molar-refractivity contribution in [2.45, 2.75) is 134 Å². The van der Waals surface area contributed by atoms with Crippen molar-refractivity contribution in [2.24, 2.45) is 0 Å². The van der Waals surface area contributed by atoms with Gasteiger partial charge in [0, 0.05) is 6.54 Å². The number of hydrogen-bond donors (Lipinski definition) is 2. The first-order chi connectivity index (χ1) is 14.1. The van der Waals surface area contributed by atoms with Gasteiger partial charge in [0.1, 0.15) is 11.7 Å². The Morgan fingerprint density at radius 3 is 1.79 bits per heavy atom. The van der Waals surface area contributed by atoms with Crippen LogP contribution in [0.1, 0.15) is 116 Å². The van der Waals surface area contributed by atoms with E-state index in [1.807, 2.05) is 0 Å². The van der Waals surface area contributed by atoms with E-state index in [4.69, 9.17) is 4.74 Å². The lowest BCUT2D eigenvalue weighted by molar-refractivity contribution is -0.136. The quantitative estimate of drug-likeness (QED) is 0.333. The Bertz CT molecular complexity index is 458. The smallest absolute Gasteiger partial charge is 0.227 e. The number of carbonyl (C=O) groups is 1. The van der Waals surface area contributed by atoms with Gasteiger partial charge in [-0.25, -0.2) is 0 Å². The Kier molecular flexibility index (Phi) is 11.6. The van der Waals surface area contributed by atoms with Crippen LogP contribution in [-0.4, -0.2) is 52.1 Å². The Labute approximate surface area is 178 Å². The zero-order valence-corrected chi connectivity index (χ0v) is 18.7. The lowest BCUT2D eigenvalue weighted by Crippen LogP contribution is -2.47. The topological polar surface area (TPSA) is 70.0 Å². The third-order valence-electron chi connectivity index (χ3n) is 6.71. The largest absolute Gasteiger partial charge is 0.387 e. The average molecular weight is 412 g/mol. The van der Waals surface area contributed by atoms with Gasteiger partial charge in [0.2, 0.25) is 5.91 Å². The number of fused-ring (bicyclic) bond motifs is 1. The molecule has 1 amide bonds. The molecule has 0 bridgehead atoms. The molecule has 0 aromatic rings. The average Bonchev–Trinajstić information content (AvgIpc) is 3.12. The van der Waals surface area contributed by atoms with Crippen LogP contribution < -0.4 is 0 Å². The van der Waals surface area contributed by atoms with Crippen molar-refractivity contribution in [3.8, 4) is 0 Å². The van der Waals surface area contributed by atoms with Crippen LogP contribution in [0.4, 0.5) is 0 Å². The molecule has 170 valence electrons. The monoisotopic (exact) mass is 411 g/mol. The molecule has 2 saturated heterocycles. The molecule has 2 aliphatic heterocycles. The van der Waals surface area contributed by atoms with Gasteiger partial charge in [0.25, 0.3) is 0 Å². The third-order valence-corrected chi connectivity index (χ3v) is 6.71. The van der Waals surface area contributed by atoms with Gasteiger partial charge in [-0.3, -0.25) is 4.79 Å². The van der Waals surface area contributed by atoms with Crippen LogP contribution in [0.15, 0.2) is 0 Å². The number of carbonyl (C=O) groups excluding carboxylic acids is 1. The van der Waals surface area contributed by atoms with Crippen molar-refractivity contribution in [1.29, 1.82) is 0 Å². The summed E-state index contributed by atoms with van der Waals surface area (Å²) in [7, 11) is 0. The molecular formula is C24H45NO4. The Balaban J connectivity index is 1.36. The molecule has 0 saturated carbocycles. The zero-order valence-electron chi connectivity index (χ0n) is 18.7. The van der Waals surface area contributed by atoms with Crippen LogP contribution in [-0.2, 0) is 9.53 Å². The fourth-order valence-corrected chi connectivity index (χ4v) is 4.75. The van der Waals surface area contributed by atoms with Gasteiger partial charge in [-0.1, -0.05) is 103 Å². The first-order valence-corrected chi connectivity index (χ1v) is 12.4. The maximum absolute atomic E-state index is 12.1. The molecule has 5 heteroatoms. The normalized spacial score (nSPS) is 26.4. The third kappa shape index (κ3) is 7.84. The molecular weight excluding hydrogens is 366 g/mol. The minimum absolute atomic E-state index is 0.0162. The number of aliphatic hydroxyl groups excluding tert-OH is 1. The van der Waals surface area contributed by atoms with Crippen LogP contribution in [0.25, 0.3) is 0 Å². The number of rotatable bonds is 17. The lowest BCUT2D eigenvalue weighted by Gasteiger charge is -2.27. The predicted octanol–water partition coefficient (Wildman–Crippen LogP) is 4.93. The molecule has 0 spiro atoms. The molecule has 0 aromatic heterocycles. The van der Waals surface area contributed by atoms with Crippen molar-refractivity contribution in [1.82, 2.24) is 4.90 Å². The SMILES string of the molecule is CCCCCCCCCCCCCCCCCCN1C(=O)C[C@]2(O)[C@H](O)CO[C@H]12. The van der Waals surface area contributed by atoms with E-state index in [2.05, 4.69) is 6.92 Å². The highest BCUT2D eigenvalue weighted by atomic mass is 16.6. The van der Waals surface area contributed by atoms with Gasteiger partial charge < -0.3 is 19.8 Å². The van der Waals surface area contributed by atoms with Gasteiger partial charge in [-0.15, -0.1) is 0 Å². The summed E-state index contributed by atoms with van der Waals surface area (Å²) >= 11 is 0. The van der Waals surface area contributed by atoms with Crippen molar-refractivity contribution >= 4 is 5.91 Å². The maximum Gasteiger partial charge on any atom is 0.227 e. The Morgan fingerprint density at radius 2 is 1.31 bits per heavy atom. The maximum atomic E-state index is 12.1. The summed E-state index contributed by atoms with van der Waals surface area (Å²) in [6, 6.07) is 0. The van der Waals surface area contributed by atoms with Gasteiger partial charge >= 0.3 is 0 Å². The summed E-state index contributed by atoms with van der Waals surface area (Å²) < 4.78 is 5.46. The number of unbranched alkanes of at least 4 members (excludes halogenated alkanes) is 15. The first kappa shape index (κ1) is 24.6. The number of likely N-dealkylation sites (tertiary alicyclic amines) is 1. The highest BCUT2D eigenvalue weighted by molar-refractivity contribution is 5.81. The van der Waals surface area contributed by atoms with E-state index in [-0.39, 0.29) is 18.9 Å². The van der Waals surface area contributed by atoms with Crippen LogP contribution in [0.3, 0.4) is 0 Å². The summed E-state index contributed by atoms with van der Waals surface area (Å²) in [6.45, 7) is 3.01. The van der Waals surface area contributed by atoms with Crippen molar-refractivity contribution in [2.75, 3.05) is 13.2 Å². The fraction of sp³-hybridized carbons (Fsp3) is 0.958. The molecule has 2 aliphatic rings. The van der Waals surface area contributed by atoms with Crippen LogP contribution >= 0.6 is 0 Å². The second-order valence-electron chi connectivity index (χ2n) is 9.26. The van der Waals surface area contributed by atoms with Crippen LogP contribution in [0.2, 0.25) is 0 Å². The van der Waals surface area contributed by atoms with Crippen molar-refractivity contribution in [3.05, 3.63) is 0 Å². The van der Waals surface area contributed by atoms with Gasteiger partial charge in [0.05, 0.1) is 13.0 Å². The van der Waals surface area contributed by atoms with Crippen molar-refractivity contribution < 1.29 is 19.7 Å². The molecule has 0 aromatic carbocycles. The number of hydrogen-bond acceptors (Lipinski definition) is 4. The van der Waals surface area contributed by atoms with Gasteiger partial charge in [-0.05, 0) is 6.42 Å². The number of amides is 1. The van der Waals surface area contributed by atoms with Crippen molar-refractivity contribution in [3.63, 3.8) is 0 Å². The van der Waals surface area contributed by atoms with Crippen LogP contribution in [0, 0.1) is 0 Å². The lowest BCUT2D eigenvalue weighted by atomic mass is 9.97. The molecule has 5 nitrogen and oxygen atoms in total. The summed E-state index contributed by atoms with van der Waals surface area (Å²) in [5.74, 6) is -0.0998. The van der Waals surface area contributed by atoms with E-state index in [0.29, 0.717) is 6.54 Å². The summed E-state index contributed by atoms with van der Waals surface area (Å²) in [5.41, 5.74) is -1.40. The van der Waals surface area contributed by atoms with E-state index in [1.165, 1.54) is 89.9 Å². The molecule has 3 atom stereocenters. The van der Waals surface area contributed by atoms with Crippen LogP contribution in [0.5, 0.6) is 0 Å². The summed E-state index contributed by atoms with van der Waals surface area (Å²) in [4.78, 5) is 13.7. The second-order valence-corrected chi connectivity index (χ2v) is 9.26. The fourth-order valence-electron chi connectivity index (χ4n) is 4.75. The molecule has 0 radical (unpaired) electrons. The van der Waals surface area contributed by atoms with E-state index >= 15 is 0 Å². The minimum atomic E-state index is -1.40. The minimum Gasteiger partial charge on any atom is -0.387 e. The summed E-state index contributed by atoms with van der Waals surface area (Å²) in [6.07, 6.45) is 19.6. The highest BCUT2D eigenvalue weighted by Crippen LogP contribution is 2.38. The van der Waals surface area contributed by atoms with Gasteiger partial charge in [-0.2, -0.15) is 0 Å². The molecule has 2 rings (SSSR count). The molecule has 2 fully saturated rings.